The van der Waals surface area contributed by atoms with Crippen molar-refractivity contribution in [3.63, 3.8) is 0 Å². The van der Waals surface area contributed by atoms with Crippen LogP contribution in [0.5, 0.6) is 0 Å². The van der Waals surface area contributed by atoms with Gasteiger partial charge in [0, 0.05) is 29.2 Å². The van der Waals surface area contributed by atoms with Crippen molar-refractivity contribution in [3.05, 3.63) is 34.3 Å². The third-order valence-electron chi connectivity index (χ3n) is 4.89. The van der Waals surface area contributed by atoms with Crippen LogP contribution in [0.4, 0.5) is 0 Å². The van der Waals surface area contributed by atoms with E-state index in [0.29, 0.717) is 13.0 Å². The molecule has 0 spiro atoms. The van der Waals surface area contributed by atoms with E-state index in [9.17, 15) is 8.42 Å². The molecule has 0 aliphatic heterocycles. The Balaban J connectivity index is 2.03. The number of hydrogen-bond donors (Lipinski definition) is 2. The highest BCUT2D eigenvalue weighted by Gasteiger charge is 2.35. The number of rotatable bonds is 8. The predicted octanol–water partition coefficient (Wildman–Crippen LogP) is 3.25. The van der Waals surface area contributed by atoms with Crippen LogP contribution in [0.1, 0.15) is 44.6 Å². The van der Waals surface area contributed by atoms with Crippen molar-refractivity contribution in [1.82, 2.24) is 10.6 Å². The lowest BCUT2D eigenvalue weighted by Gasteiger charge is -2.28. The Morgan fingerprint density at radius 3 is 2.42 bits per heavy atom. The van der Waals surface area contributed by atoms with Crippen molar-refractivity contribution in [2.45, 2.75) is 44.4 Å². The van der Waals surface area contributed by atoms with Gasteiger partial charge in [-0.1, -0.05) is 40.9 Å². The van der Waals surface area contributed by atoms with Gasteiger partial charge in [0.15, 0.2) is 5.96 Å². The monoisotopic (exact) mass is 443 g/mol. The molecular weight excluding hydrogens is 414 g/mol. The molecule has 7 heteroatoms. The second-order valence-electron chi connectivity index (χ2n) is 7.10. The fraction of sp³-hybridized carbons (Fsp3) is 0.632. The van der Waals surface area contributed by atoms with E-state index in [4.69, 9.17) is 4.99 Å². The second-order valence-corrected chi connectivity index (χ2v) is 10.3. The molecule has 1 aliphatic carbocycles. The molecule has 5 nitrogen and oxygen atoms in total. The highest BCUT2D eigenvalue weighted by molar-refractivity contribution is 9.10. The van der Waals surface area contributed by atoms with E-state index in [0.717, 1.165) is 36.4 Å². The zero-order chi connectivity index (χ0) is 19.0. The van der Waals surface area contributed by atoms with Crippen LogP contribution in [0.15, 0.2) is 33.7 Å². The predicted molar refractivity (Wildman–Crippen MR) is 113 cm³/mol. The third kappa shape index (κ3) is 6.58. The van der Waals surface area contributed by atoms with Crippen LogP contribution in [0.3, 0.4) is 0 Å². The molecule has 0 atom stereocenters. The number of benzene rings is 1. The van der Waals surface area contributed by atoms with Gasteiger partial charge in [0.2, 0.25) is 0 Å². The Bertz CT molecular complexity index is 696. The normalized spacial score (nSPS) is 17.3. The van der Waals surface area contributed by atoms with Crippen molar-refractivity contribution in [3.8, 4) is 0 Å². The number of halogens is 1. The summed E-state index contributed by atoms with van der Waals surface area (Å²) in [4.78, 5) is 4.83. The quantitative estimate of drug-likeness (QED) is 0.367. The van der Waals surface area contributed by atoms with Crippen molar-refractivity contribution in [2.75, 3.05) is 31.6 Å². The summed E-state index contributed by atoms with van der Waals surface area (Å²) in [6, 6.07) is 8.62. The molecule has 1 saturated carbocycles. The van der Waals surface area contributed by atoms with Gasteiger partial charge in [-0.3, -0.25) is 4.99 Å². The van der Waals surface area contributed by atoms with Crippen LogP contribution in [0, 0.1) is 0 Å². The molecule has 0 amide bonds. The fourth-order valence-electron chi connectivity index (χ4n) is 3.51. The van der Waals surface area contributed by atoms with Crippen LogP contribution >= 0.6 is 15.9 Å². The molecule has 1 fully saturated rings. The maximum Gasteiger partial charge on any atom is 0.191 e. The number of nitrogens with zero attached hydrogens (tertiary/aromatic N) is 1. The Hall–Kier alpha value is -1.08. The first kappa shape index (κ1) is 21.2. The van der Waals surface area contributed by atoms with Crippen LogP contribution in [0.25, 0.3) is 0 Å². The molecule has 1 aromatic carbocycles. The highest BCUT2D eigenvalue weighted by Crippen LogP contribution is 2.41. The van der Waals surface area contributed by atoms with Gasteiger partial charge in [-0.05, 0) is 43.9 Å². The van der Waals surface area contributed by atoms with E-state index in [1.807, 2.05) is 6.92 Å². The molecule has 1 aromatic rings. The van der Waals surface area contributed by atoms with E-state index < -0.39 is 9.84 Å². The lowest BCUT2D eigenvalue weighted by Crippen LogP contribution is -2.39. The number of sulfone groups is 1. The van der Waals surface area contributed by atoms with Crippen LogP contribution in [0.2, 0.25) is 0 Å². The average Bonchev–Trinajstić information content (AvgIpc) is 3.06. The topological polar surface area (TPSA) is 70.6 Å². The Morgan fingerprint density at radius 1 is 1.19 bits per heavy atom. The van der Waals surface area contributed by atoms with Gasteiger partial charge in [0.25, 0.3) is 0 Å². The van der Waals surface area contributed by atoms with Gasteiger partial charge in [-0.2, -0.15) is 0 Å². The summed E-state index contributed by atoms with van der Waals surface area (Å²) < 4.78 is 23.6. The Morgan fingerprint density at radius 2 is 1.85 bits per heavy atom. The molecule has 26 heavy (non-hydrogen) atoms. The summed E-state index contributed by atoms with van der Waals surface area (Å²) >= 11 is 3.51. The van der Waals surface area contributed by atoms with E-state index in [1.165, 1.54) is 24.7 Å². The number of guanidine groups is 1. The van der Waals surface area contributed by atoms with Crippen molar-refractivity contribution >= 4 is 31.7 Å². The molecule has 0 saturated heterocycles. The molecule has 0 unspecified atom stereocenters. The van der Waals surface area contributed by atoms with Crippen molar-refractivity contribution in [1.29, 1.82) is 0 Å². The summed E-state index contributed by atoms with van der Waals surface area (Å²) in [6.45, 7) is 4.16. The first-order valence-corrected chi connectivity index (χ1v) is 12.2. The molecular formula is C19H30BrN3O2S. The molecule has 2 rings (SSSR count). The van der Waals surface area contributed by atoms with Crippen molar-refractivity contribution in [2.24, 2.45) is 4.99 Å². The number of aliphatic imine (C=N–C) groups is 1. The maximum absolute atomic E-state index is 11.2. The van der Waals surface area contributed by atoms with Crippen LogP contribution < -0.4 is 10.6 Å². The molecule has 0 heterocycles. The Kier molecular flexibility index (Phi) is 7.95. The van der Waals surface area contributed by atoms with Gasteiger partial charge >= 0.3 is 0 Å². The summed E-state index contributed by atoms with van der Waals surface area (Å²) in [6.07, 6.45) is 6.65. The number of nitrogens with one attached hydrogen (secondary N) is 2. The number of hydrogen-bond acceptors (Lipinski definition) is 3. The second kappa shape index (κ2) is 9.74. The van der Waals surface area contributed by atoms with Crippen LogP contribution in [-0.2, 0) is 15.3 Å². The molecule has 0 bridgehead atoms. The molecule has 1 aliphatic rings. The van der Waals surface area contributed by atoms with Gasteiger partial charge < -0.3 is 10.6 Å². The van der Waals surface area contributed by atoms with E-state index >= 15 is 0 Å². The van der Waals surface area contributed by atoms with E-state index in [1.54, 1.807) is 0 Å². The van der Waals surface area contributed by atoms with Gasteiger partial charge in [0.05, 0.1) is 12.3 Å². The SMILES string of the molecule is CCNC(=NCC1(c2ccc(Br)cc2)CCCC1)NCCCS(C)(=O)=O. The van der Waals surface area contributed by atoms with Gasteiger partial charge in [-0.15, -0.1) is 0 Å². The van der Waals surface area contributed by atoms with Gasteiger partial charge in [-0.25, -0.2) is 8.42 Å². The first-order chi connectivity index (χ1) is 12.3. The summed E-state index contributed by atoms with van der Waals surface area (Å²) in [7, 11) is -2.91. The Labute approximate surface area is 166 Å². The smallest absolute Gasteiger partial charge is 0.191 e. The largest absolute Gasteiger partial charge is 0.357 e. The zero-order valence-corrected chi connectivity index (χ0v) is 18.1. The first-order valence-electron chi connectivity index (χ1n) is 9.31. The van der Waals surface area contributed by atoms with E-state index in [-0.39, 0.29) is 11.2 Å². The fourth-order valence-corrected chi connectivity index (χ4v) is 4.44. The lowest BCUT2D eigenvalue weighted by molar-refractivity contribution is 0.452. The average molecular weight is 444 g/mol. The molecule has 0 aromatic heterocycles. The van der Waals surface area contributed by atoms with Gasteiger partial charge in [0.1, 0.15) is 9.84 Å². The summed E-state index contributed by atoms with van der Waals surface area (Å²) in [5.41, 5.74) is 1.46. The summed E-state index contributed by atoms with van der Waals surface area (Å²) in [5.74, 6) is 0.965. The minimum absolute atomic E-state index is 0.107. The molecule has 0 radical (unpaired) electrons. The third-order valence-corrected chi connectivity index (χ3v) is 6.44. The van der Waals surface area contributed by atoms with E-state index in [2.05, 4.69) is 50.8 Å². The molecule has 146 valence electrons. The van der Waals surface area contributed by atoms with Crippen molar-refractivity contribution < 1.29 is 8.42 Å². The standard InChI is InChI=1S/C19H30BrN3O2S/c1-3-21-18(22-13-6-14-26(2,24)25)23-15-19(11-4-5-12-19)16-7-9-17(20)10-8-16/h7-10H,3-6,11-15H2,1-2H3,(H2,21,22,23). The minimum atomic E-state index is -2.91. The van der Waals surface area contributed by atoms with Crippen LogP contribution in [-0.4, -0.2) is 46.0 Å². The maximum atomic E-state index is 11.2. The molecule has 2 N–H and O–H groups in total. The zero-order valence-electron chi connectivity index (χ0n) is 15.7. The minimum Gasteiger partial charge on any atom is -0.357 e. The highest BCUT2D eigenvalue weighted by atomic mass is 79.9. The lowest BCUT2D eigenvalue weighted by atomic mass is 9.79. The summed E-state index contributed by atoms with van der Waals surface area (Å²) in [5, 5.41) is 6.53.